The van der Waals surface area contributed by atoms with Crippen molar-refractivity contribution in [2.45, 2.75) is 39.3 Å². The highest BCUT2D eigenvalue weighted by atomic mass is 16.5. The molecule has 0 aliphatic carbocycles. The van der Waals surface area contributed by atoms with Crippen LogP contribution in [0.15, 0.2) is 33.9 Å². The normalized spacial score (nSPS) is 13.8. The highest BCUT2D eigenvalue weighted by Gasteiger charge is 2.27. The van der Waals surface area contributed by atoms with Crippen molar-refractivity contribution in [2.24, 2.45) is 7.05 Å². The Morgan fingerprint density at radius 3 is 2.79 bits per heavy atom. The lowest BCUT2D eigenvalue weighted by Gasteiger charge is -2.29. The first-order valence-electron chi connectivity index (χ1n) is 9.68. The van der Waals surface area contributed by atoms with Crippen LogP contribution in [-0.4, -0.2) is 32.3 Å². The lowest BCUT2D eigenvalue weighted by atomic mass is 10.2. The first-order valence-corrected chi connectivity index (χ1v) is 9.68. The Balaban J connectivity index is 1.93. The molecule has 0 radical (unpaired) electrons. The van der Waals surface area contributed by atoms with E-state index in [1.165, 1.54) is 9.13 Å². The third-order valence-corrected chi connectivity index (χ3v) is 5.32. The maximum absolute atomic E-state index is 13.1. The van der Waals surface area contributed by atoms with Gasteiger partial charge in [0.15, 0.2) is 11.2 Å². The topological polar surface area (TPSA) is 74.3 Å². The summed E-state index contributed by atoms with van der Waals surface area (Å²) in [6, 6.07) is 7.78. The summed E-state index contributed by atoms with van der Waals surface area (Å²) in [5.74, 6) is 1.45. The minimum atomic E-state index is -0.311. The van der Waals surface area contributed by atoms with Crippen LogP contribution in [0.2, 0.25) is 0 Å². The molecule has 0 fully saturated rings. The second-order valence-corrected chi connectivity index (χ2v) is 7.09. The summed E-state index contributed by atoms with van der Waals surface area (Å²) in [6.07, 6.45) is 2.59. The maximum Gasteiger partial charge on any atom is 0.332 e. The van der Waals surface area contributed by atoms with Crippen LogP contribution in [0.5, 0.6) is 5.75 Å². The average molecular weight is 383 g/mol. The summed E-state index contributed by atoms with van der Waals surface area (Å²) in [5, 5.41) is 0. The second kappa shape index (κ2) is 7.18. The molecule has 3 heterocycles. The number of rotatable bonds is 5. The lowest BCUT2D eigenvalue weighted by molar-refractivity contribution is 0.415. The number of imidazole rings is 1. The van der Waals surface area contributed by atoms with Crippen LogP contribution in [0.3, 0.4) is 0 Å². The molecule has 1 aliphatic rings. The molecule has 4 rings (SSSR count). The summed E-state index contributed by atoms with van der Waals surface area (Å²) < 4.78 is 10.1. The van der Waals surface area contributed by atoms with Gasteiger partial charge in [-0.3, -0.25) is 13.9 Å². The molecule has 0 bridgehead atoms. The molecular weight excluding hydrogens is 358 g/mol. The van der Waals surface area contributed by atoms with E-state index in [2.05, 4.69) is 4.90 Å². The Morgan fingerprint density at radius 1 is 1.21 bits per heavy atom. The first-order chi connectivity index (χ1) is 13.6. The molecule has 0 unspecified atom stereocenters. The molecule has 8 nitrogen and oxygen atoms in total. The Kier molecular flexibility index (Phi) is 4.70. The monoisotopic (exact) mass is 383 g/mol. The van der Waals surface area contributed by atoms with Gasteiger partial charge in [-0.05, 0) is 25.0 Å². The molecule has 1 aromatic carbocycles. The molecule has 0 saturated carbocycles. The van der Waals surface area contributed by atoms with E-state index in [0.29, 0.717) is 30.2 Å². The van der Waals surface area contributed by atoms with Gasteiger partial charge in [-0.2, -0.15) is 4.98 Å². The summed E-state index contributed by atoms with van der Waals surface area (Å²) in [4.78, 5) is 32.6. The van der Waals surface area contributed by atoms with Crippen molar-refractivity contribution in [2.75, 3.05) is 18.6 Å². The molecule has 0 amide bonds. The Morgan fingerprint density at radius 2 is 2.04 bits per heavy atom. The first kappa shape index (κ1) is 18.3. The molecule has 0 N–H and O–H groups in total. The molecule has 0 atom stereocenters. The van der Waals surface area contributed by atoms with Crippen molar-refractivity contribution in [1.29, 1.82) is 0 Å². The highest BCUT2D eigenvalue weighted by Crippen LogP contribution is 2.32. The average Bonchev–Trinajstić information content (AvgIpc) is 3.12. The van der Waals surface area contributed by atoms with Gasteiger partial charge in [0.2, 0.25) is 5.95 Å². The predicted molar refractivity (Wildman–Crippen MR) is 109 cm³/mol. The molecule has 1 aliphatic heterocycles. The fourth-order valence-electron chi connectivity index (χ4n) is 3.80. The third-order valence-electron chi connectivity index (χ3n) is 5.32. The SMILES string of the molecule is CCCCn1c(=O)c2c(nc3n2CCCN3c2cccc(OC)c2)n(C)c1=O. The number of hydrogen-bond acceptors (Lipinski definition) is 5. The quantitative estimate of drug-likeness (QED) is 0.676. The predicted octanol–water partition coefficient (Wildman–Crippen LogP) is 2.25. The lowest BCUT2D eigenvalue weighted by Crippen LogP contribution is -2.40. The van der Waals surface area contributed by atoms with Gasteiger partial charge < -0.3 is 14.2 Å². The van der Waals surface area contributed by atoms with Crippen LogP contribution in [0, 0.1) is 0 Å². The third kappa shape index (κ3) is 2.80. The molecule has 0 spiro atoms. The van der Waals surface area contributed by atoms with E-state index in [1.807, 2.05) is 35.8 Å². The van der Waals surface area contributed by atoms with E-state index in [4.69, 9.17) is 9.72 Å². The number of fused-ring (bicyclic) bond motifs is 3. The van der Waals surface area contributed by atoms with Gasteiger partial charge in [0.1, 0.15) is 5.75 Å². The standard InChI is InChI=1S/C20H25N5O3/c1-4-5-10-25-18(26)16-17(22(2)20(25)27)21-19-23(11-7-12-24(16)19)14-8-6-9-15(13-14)28-3/h6,8-9,13H,4-5,7,10-12H2,1-3H3. The number of unbranched alkanes of at least 4 members (excludes halogenated alkanes) is 1. The summed E-state index contributed by atoms with van der Waals surface area (Å²) in [5.41, 5.74) is 1.33. The van der Waals surface area contributed by atoms with Gasteiger partial charge in [-0.25, -0.2) is 4.79 Å². The van der Waals surface area contributed by atoms with Crippen LogP contribution in [-0.2, 0) is 20.1 Å². The van der Waals surface area contributed by atoms with E-state index in [0.717, 1.165) is 37.2 Å². The van der Waals surface area contributed by atoms with E-state index in [1.54, 1.807) is 14.2 Å². The number of methoxy groups -OCH3 is 1. The smallest absolute Gasteiger partial charge is 0.332 e. The fraction of sp³-hybridized carbons (Fsp3) is 0.450. The van der Waals surface area contributed by atoms with E-state index in [9.17, 15) is 9.59 Å². The molecule has 8 heteroatoms. The Bertz CT molecular complexity index is 1140. The maximum atomic E-state index is 13.1. The number of aryl methyl sites for hydroxylation is 2. The van der Waals surface area contributed by atoms with Crippen molar-refractivity contribution in [1.82, 2.24) is 18.7 Å². The molecule has 28 heavy (non-hydrogen) atoms. The van der Waals surface area contributed by atoms with E-state index >= 15 is 0 Å². The molecule has 148 valence electrons. The summed E-state index contributed by atoms with van der Waals surface area (Å²) >= 11 is 0. The van der Waals surface area contributed by atoms with Gasteiger partial charge in [-0.1, -0.05) is 19.4 Å². The van der Waals surface area contributed by atoms with Crippen LogP contribution < -0.4 is 20.9 Å². The van der Waals surface area contributed by atoms with Crippen molar-refractivity contribution in [3.8, 4) is 5.75 Å². The molecule has 0 saturated heterocycles. The summed E-state index contributed by atoms with van der Waals surface area (Å²) in [7, 11) is 3.32. The number of anilines is 2. The minimum Gasteiger partial charge on any atom is -0.497 e. The number of benzene rings is 1. The van der Waals surface area contributed by atoms with E-state index < -0.39 is 0 Å². The Labute approximate surface area is 162 Å². The van der Waals surface area contributed by atoms with Gasteiger partial charge in [0.05, 0.1) is 7.11 Å². The van der Waals surface area contributed by atoms with Gasteiger partial charge >= 0.3 is 5.69 Å². The zero-order valence-electron chi connectivity index (χ0n) is 16.5. The van der Waals surface area contributed by atoms with Crippen molar-refractivity contribution >= 4 is 22.8 Å². The highest BCUT2D eigenvalue weighted by molar-refractivity contribution is 5.77. The van der Waals surface area contributed by atoms with Crippen LogP contribution in [0.4, 0.5) is 11.6 Å². The molecular formula is C20H25N5O3. The second-order valence-electron chi connectivity index (χ2n) is 7.09. The largest absolute Gasteiger partial charge is 0.497 e. The van der Waals surface area contributed by atoms with Gasteiger partial charge in [-0.15, -0.1) is 0 Å². The van der Waals surface area contributed by atoms with Crippen LogP contribution in [0.1, 0.15) is 26.2 Å². The summed E-state index contributed by atoms with van der Waals surface area (Å²) in [6.45, 7) is 3.96. The Hall–Kier alpha value is -3.03. The van der Waals surface area contributed by atoms with Gasteiger partial charge in [0.25, 0.3) is 5.56 Å². The number of nitrogens with zero attached hydrogens (tertiary/aromatic N) is 5. The zero-order valence-corrected chi connectivity index (χ0v) is 16.5. The van der Waals surface area contributed by atoms with Gasteiger partial charge in [0, 0.05) is 38.4 Å². The number of hydrogen-bond donors (Lipinski definition) is 0. The zero-order chi connectivity index (χ0) is 19.8. The van der Waals surface area contributed by atoms with Crippen molar-refractivity contribution in [3.05, 3.63) is 45.1 Å². The van der Waals surface area contributed by atoms with E-state index in [-0.39, 0.29) is 11.2 Å². The number of ether oxygens (including phenoxy) is 1. The van der Waals surface area contributed by atoms with Crippen LogP contribution in [0.25, 0.3) is 11.2 Å². The van der Waals surface area contributed by atoms with Crippen LogP contribution >= 0.6 is 0 Å². The molecule has 2 aromatic heterocycles. The van der Waals surface area contributed by atoms with Crippen molar-refractivity contribution < 1.29 is 4.74 Å². The number of aromatic nitrogens is 4. The minimum absolute atomic E-state index is 0.252. The molecule has 3 aromatic rings. The fourth-order valence-corrected chi connectivity index (χ4v) is 3.80. The van der Waals surface area contributed by atoms with Crippen molar-refractivity contribution in [3.63, 3.8) is 0 Å².